The highest BCUT2D eigenvalue weighted by Gasteiger charge is 2.45. The summed E-state index contributed by atoms with van der Waals surface area (Å²) in [5, 5.41) is 3.50. The number of rotatable bonds is 2. The van der Waals surface area contributed by atoms with Gasteiger partial charge in [-0.15, -0.1) is 0 Å². The summed E-state index contributed by atoms with van der Waals surface area (Å²) in [5.74, 6) is 0. The zero-order valence-electron chi connectivity index (χ0n) is 10.00. The minimum absolute atomic E-state index is 0.505. The van der Waals surface area contributed by atoms with Crippen molar-refractivity contribution in [3.05, 3.63) is 35.4 Å². The van der Waals surface area contributed by atoms with Gasteiger partial charge in [0.2, 0.25) is 0 Å². The first-order valence-electron chi connectivity index (χ1n) is 6.30. The SMILES string of the molecule is Cc1ccc(CN2CC[C@@]23CCNC3)cc1. The zero-order valence-corrected chi connectivity index (χ0v) is 10.00. The smallest absolute Gasteiger partial charge is 0.0361 e. The Kier molecular flexibility index (Phi) is 2.49. The van der Waals surface area contributed by atoms with Crippen molar-refractivity contribution < 1.29 is 0 Å². The van der Waals surface area contributed by atoms with Gasteiger partial charge in [-0.25, -0.2) is 0 Å². The van der Waals surface area contributed by atoms with Crippen molar-refractivity contribution in [1.82, 2.24) is 10.2 Å². The summed E-state index contributed by atoms with van der Waals surface area (Å²) in [6, 6.07) is 8.97. The molecule has 2 saturated heterocycles. The first kappa shape index (κ1) is 10.3. The maximum absolute atomic E-state index is 3.50. The van der Waals surface area contributed by atoms with E-state index in [-0.39, 0.29) is 0 Å². The van der Waals surface area contributed by atoms with Crippen LogP contribution in [0.5, 0.6) is 0 Å². The van der Waals surface area contributed by atoms with E-state index < -0.39 is 0 Å². The second-order valence-corrected chi connectivity index (χ2v) is 5.31. The predicted octanol–water partition coefficient (Wildman–Crippen LogP) is 1.93. The minimum Gasteiger partial charge on any atom is -0.315 e. The van der Waals surface area contributed by atoms with Crippen molar-refractivity contribution in [1.29, 1.82) is 0 Å². The molecule has 2 aliphatic heterocycles. The fourth-order valence-corrected chi connectivity index (χ4v) is 2.96. The molecule has 0 aliphatic carbocycles. The van der Waals surface area contributed by atoms with Crippen LogP contribution in [0.3, 0.4) is 0 Å². The quantitative estimate of drug-likeness (QED) is 0.812. The molecule has 0 radical (unpaired) electrons. The highest BCUT2D eigenvalue weighted by Crippen LogP contribution is 2.36. The maximum atomic E-state index is 3.50. The van der Waals surface area contributed by atoms with Crippen molar-refractivity contribution in [3.63, 3.8) is 0 Å². The number of aryl methyl sites for hydroxylation is 1. The number of hydrogen-bond acceptors (Lipinski definition) is 2. The first-order valence-corrected chi connectivity index (χ1v) is 6.30. The number of likely N-dealkylation sites (tertiary alicyclic amines) is 1. The van der Waals surface area contributed by atoms with Gasteiger partial charge in [-0.3, -0.25) is 4.90 Å². The predicted molar refractivity (Wildman–Crippen MR) is 66.4 cm³/mol. The van der Waals surface area contributed by atoms with Crippen LogP contribution in [0.25, 0.3) is 0 Å². The zero-order chi connectivity index (χ0) is 11.0. The van der Waals surface area contributed by atoms with Gasteiger partial charge in [0.25, 0.3) is 0 Å². The molecule has 0 unspecified atom stereocenters. The summed E-state index contributed by atoms with van der Waals surface area (Å²) in [6.07, 6.45) is 2.71. The molecule has 1 N–H and O–H groups in total. The second kappa shape index (κ2) is 3.86. The van der Waals surface area contributed by atoms with Gasteiger partial charge >= 0.3 is 0 Å². The molecular weight excluding hydrogens is 196 g/mol. The van der Waals surface area contributed by atoms with E-state index in [4.69, 9.17) is 0 Å². The maximum Gasteiger partial charge on any atom is 0.0361 e. The van der Waals surface area contributed by atoms with Gasteiger partial charge in [0.1, 0.15) is 0 Å². The molecule has 1 aromatic carbocycles. The summed E-state index contributed by atoms with van der Waals surface area (Å²) >= 11 is 0. The summed E-state index contributed by atoms with van der Waals surface area (Å²) in [4.78, 5) is 2.65. The Morgan fingerprint density at radius 1 is 1.25 bits per heavy atom. The van der Waals surface area contributed by atoms with Crippen LogP contribution in [0.15, 0.2) is 24.3 Å². The van der Waals surface area contributed by atoms with Gasteiger partial charge in [0, 0.05) is 25.2 Å². The Labute approximate surface area is 97.6 Å². The normalized spacial score (nSPS) is 29.6. The molecule has 2 nitrogen and oxygen atoms in total. The lowest BCUT2D eigenvalue weighted by Gasteiger charge is -2.50. The van der Waals surface area contributed by atoms with Crippen LogP contribution in [0.1, 0.15) is 24.0 Å². The van der Waals surface area contributed by atoms with Gasteiger partial charge in [0.15, 0.2) is 0 Å². The molecule has 0 bridgehead atoms. The summed E-state index contributed by atoms with van der Waals surface area (Å²) in [6.45, 7) is 6.94. The van der Waals surface area contributed by atoms with E-state index in [1.54, 1.807) is 0 Å². The van der Waals surface area contributed by atoms with Crippen LogP contribution in [0.2, 0.25) is 0 Å². The number of hydrogen-bond donors (Lipinski definition) is 1. The van der Waals surface area contributed by atoms with Crippen molar-refractivity contribution in [3.8, 4) is 0 Å². The number of nitrogens with zero attached hydrogens (tertiary/aromatic N) is 1. The fourth-order valence-electron chi connectivity index (χ4n) is 2.96. The van der Waals surface area contributed by atoms with Crippen molar-refractivity contribution in [2.24, 2.45) is 0 Å². The molecule has 2 heteroatoms. The number of benzene rings is 1. The Balaban J connectivity index is 1.69. The lowest BCUT2D eigenvalue weighted by atomic mass is 9.83. The third kappa shape index (κ3) is 1.66. The van der Waals surface area contributed by atoms with Gasteiger partial charge < -0.3 is 5.32 Å². The molecule has 1 atom stereocenters. The molecule has 1 aromatic rings. The minimum atomic E-state index is 0.505. The van der Waals surface area contributed by atoms with Gasteiger partial charge in [-0.05, 0) is 31.9 Å². The molecule has 1 spiro atoms. The van der Waals surface area contributed by atoms with Crippen LogP contribution in [0.4, 0.5) is 0 Å². The first-order chi connectivity index (χ1) is 7.78. The molecule has 16 heavy (non-hydrogen) atoms. The van der Waals surface area contributed by atoms with E-state index in [9.17, 15) is 0 Å². The Morgan fingerprint density at radius 2 is 2.06 bits per heavy atom. The van der Waals surface area contributed by atoms with Gasteiger partial charge in [-0.2, -0.15) is 0 Å². The van der Waals surface area contributed by atoms with E-state index in [1.807, 2.05) is 0 Å². The summed E-state index contributed by atoms with van der Waals surface area (Å²) in [7, 11) is 0. The summed E-state index contributed by atoms with van der Waals surface area (Å²) < 4.78 is 0. The largest absolute Gasteiger partial charge is 0.315 e. The van der Waals surface area contributed by atoms with Crippen LogP contribution in [-0.2, 0) is 6.54 Å². The van der Waals surface area contributed by atoms with Crippen molar-refractivity contribution >= 4 is 0 Å². The Morgan fingerprint density at radius 3 is 2.62 bits per heavy atom. The van der Waals surface area contributed by atoms with E-state index >= 15 is 0 Å². The molecule has 2 heterocycles. The van der Waals surface area contributed by atoms with Crippen LogP contribution in [0, 0.1) is 6.92 Å². The van der Waals surface area contributed by atoms with Crippen molar-refractivity contribution in [2.75, 3.05) is 19.6 Å². The highest BCUT2D eigenvalue weighted by molar-refractivity contribution is 5.22. The van der Waals surface area contributed by atoms with E-state index in [0.717, 1.165) is 6.54 Å². The van der Waals surface area contributed by atoms with E-state index in [0.29, 0.717) is 5.54 Å². The standard InChI is InChI=1S/C14H20N2/c1-12-2-4-13(5-3-12)10-16-9-7-14(16)6-8-15-11-14/h2-5,15H,6-11H2,1H3/t14-/m1/s1. The lowest BCUT2D eigenvalue weighted by molar-refractivity contribution is -0.00613. The van der Waals surface area contributed by atoms with Crippen LogP contribution < -0.4 is 5.32 Å². The van der Waals surface area contributed by atoms with E-state index in [2.05, 4.69) is 41.4 Å². The molecular formula is C14H20N2. The Hall–Kier alpha value is -0.860. The molecule has 0 saturated carbocycles. The highest BCUT2D eigenvalue weighted by atomic mass is 15.3. The van der Waals surface area contributed by atoms with Gasteiger partial charge in [-0.1, -0.05) is 29.8 Å². The van der Waals surface area contributed by atoms with Crippen LogP contribution >= 0.6 is 0 Å². The molecule has 3 rings (SSSR count). The number of nitrogens with one attached hydrogen (secondary N) is 1. The van der Waals surface area contributed by atoms with Gasteiger partial charge in [0.05, 0.1) is 0 Å². The lowest BCUT2D eigenvalue weighted by Crippen LogP contribution is -2.60. The monoisotopic (exact) mass is 216 g/mol. The van der Waals surface area contributed by atoms with E-state index in [1.165, 1.54) is 43.6 Å². The second-order valence-electron chi connectivity index (χ2n) is 5.31. The molecule has 86 valence electrons. The summed E-state index contributed by atoms with van der Waals surface area (Å²) in [5.41, 5.74) is 3.31. The molecule has 0 amide bonds. The topological polar surface area (TPSA) is 15.3 Å². The molecule has 2 fully saturated rings. The third-order valence-electron chi connectivity index (χ3n) is 4.23. The Bertz CT molecular complexity index is 363. The average molecular weight is 216 g/mol. The molecule has 0 aromatic heterocycles. The van der Waals surface area contributed by atoms with Crippen molar-refractivity contribution in [2.45, 2.75) is 31.8 Å². The van der Waals surface area contributed by atoms with Crippen LogP contribution in [-0.4, -0.2) is 30.1 Å². The average Bonchev–Trinajstić information content (AvgIpc) is 2.78. The fraction of sp³-hybridized carbons (Fsp3) is 0.571. The third-order valence-corrected chi connectivity index (χ3v) is 4.23. The molecule has 2 aliphatic rings.